The van der Waals surface area contributed by atoms with E-state index in [2.05, 4.69) is 25.7 Å². The molecule has 0 radical (unpaired) electrons. The first-order valence-corrected chi connectivity index (χ1v) is 40.2. The minimum absolute atomic E-state index is 0.0342. The van der Waals surface area contributed by atoms with Gasteiger partial charge in [-0.1, -0.05) is 20.8 Å². The first-order chi connectivity index (χ1) is 52.4. The Balaban J connectivity index is 0.000000163. The molecule has 0 amide bonds. The Labute approximate surface area is 663 Å². The second-order valence-electron chi connectivity index (χ2n) is 28.1. The second kappa shape index (κ2) is 34.8. The SMILES string of the molecule is CCN(CC)CC.Fc1cc([S+](c2ccc(I)cc2)c2cc(F)c(F)c(F)c2)cc(F)c1F.Fc1cc([S+](c2ccc(I)cc2)c2cc(F)c(F)c(F)c2)cc(F)c1F.O=C([O-])C12CC3CC(C1)C1(OCC(F)(F)C(F)(F)CO1)C(C3)C2.O=C([O-])C12CC3CC(C1)C1(OCC(F)(F)C(F)(F)CO1)C(C3)C2.O=S(=O)([O-])C(F)(F)F. The van der Waals surface area contributed by atoms with Gasteiger partial charge in [0.25, 0.3) is 0 Å². The summed E-state index contributed by atoms with van der Waals surface area (Å²) in [5.74, 6) is -42.0. The van der Waals surface area contributed by atoms with E-state index in [1.165, 1.54) is 19.6 Å². The monoisotopic (exact) mass is 1920 g/mol. The molecule has 6 aromatic carbocycles. The molecule has 6 aromatic rings. The topological polar surface area (TPSA) is 178 Å². The zero-order valence-electron chi connectivity index (χ0n) is 58.8. The first-order valence-electron chi connectivity index (χ1n) is 34.2. The third-order valence-electron chi connectivity index (χ3n) is 21.0. The van der Waals surface area contributed by atoms with Crippen LogP contribution in [0.5, 0.6) is 0 Å². The van der Waals surface area contributed by atoms with Crippen molar-refractivity contribution in [3.05, 3.63) is 174 Å². The van der Waals surface area contributed by atoms with Gasteiger partial charge in [0, 0.05) is 102 Å². The molecule has 8 aliphatic carbocycles. The molecule has 2 aliphatic heterocycles. The quantitative estimate of drug-likeness (QED) is 0.0300. The largest absolute Gasteiger partial charge is 0.741 e. The van der Waals surface area contributed by atoms with Crippen LogP contribution in [0.4, 0.5) is 101 Å². The van der Waals surface area contributed by atoms with Gasteiger partial charge in [-0.25, -0.2) is 61.1 Å². The van der Waals surface area contributed by atoms with Crippen molar-refractivity contribution < 1.29 is 153 Å². The molecular weight excluding hydrogens is 1850 g/mol. The van der Waals surface area contributed by atoms with Crippen molar-refractivity contribution >= 4 is 89.0 Å². The predicted molar refractivity (Wildman–Crippen MR) is 368 cm³/mol. The Morgan fingerprint density at radius 3 is 0.788 bits per heavy atom. The lowest BCUT2D eigenvalue weighted by atomic mass is 9.47. The van der Waals surface area contributed by atoms with E-state index in [1.807, 2.05) is 45.2 Å². The number of alkyl halides is 11. The summed E-state index contributed by atoms with van der Waals surface area (Å²) >= 11 is 4.09. The van der Waals surface area contributed by atoms with Gasteiger partial charge in [0.15, 0.2) is 121 Å². The van der Waals surface area contributed by atoms with E-state index in [9.17, 15) is 121 Å². The molecule has 8 bridgehead atoms. The summed E-state index contributed by atoms with van der Waals surface area (Å²) in [5.41, 5.74) is -7.63. The maximum atomic E-state index is 13.7. The molecule has 12 nitrogen and oxygen atoms in total. The molecule has 2 heterocycles. The fraction of sp³-hybridized carbons (Fsp3) is 0.479. The molecule has 2 saturated heterocycles. The van der Waals surface area contributed by atoms with Crippen molar-refractivity contribution in [3.8, 4) is 0 Å². The molecule has 16 rings (SSSR count). The van der Waals surface area contributed by atoms with Gasteiger partial charge in [0.05, 0.1) is 21.8 Å². The van der Waals surface area contributed by atoms with E-state index in [0.717, 1.165) is 55.7 Å². The van der Waals surface area contributed by atoms with Crippen LogP contribution in [-0.2, 0) is 60.4 Å². The summed E-state index contributed by atoms with van der Waals surface area (Å²) in [6.45, 7) is 4.50. The molecule has 622 valence electrons. The van der Waals surface area contributed by atoms with E-state index in [4.69, 9.17) is 31.9 Å². The molecule has 4 atom stereocenters. The van der Waals surface area contributed by atoms with Crippen LogP contribution in [0.25, 0.3) is 0 Å². The first kappa shape index (κ1) is 91.4. The Hall–Kier alpha value is -5.48. The normalized spacial score (nSPS) is 25.5. The fourth-order valence-electron chi connectivity index (χ4n) is 15.8. The van der Waals surface area contributed by atoms with Crippen molar-refractivity contribution in [1.82, 2.24) is 4.90 Å². The summed E-state index contributed by atoms with van der Waals surface area (Å²) in [6.07, 6.45) is 3.96. The number of benzene rings is 6. The van der Waals surface area contributed by atoms with Crippen LogP contribution in [-0.4, -0.2) is 117 Å². The van der Waals surface area contributed by atoms with E-state index in [-0.39, 0.29) is 57.1 Å². The van der Waals surface area contributed by atoms with Gasteiger partial charge in [-0.15, -0.1) is 0 Å². The van der Waals surface area contributed by atoms with Crippen molar-refractivity contribution in [2.24, 2.45) is 46.3 Å². The van der Waals surface area contributed by atoms with Gasteiger partial charge in [0.2, 0.25) is 0 Å². The molecule has 8 saturated carbocycles. The van der Waals surface area contributed by atoms with Gasteiger partial charge in [-0.2, -0.15) is 48.3 Å². The maximum Gasteiger partial charge on any atom is 0.485 e. The fourth-order valence-corrected chi connectivity index (χ4v) is 20.8. The van der Waals surface area contributed by atoms with Crippen LogP contribution in [0.2, 0.25) is 0 Å². The number of carboxylic acids is 2. The minimum Gasteiger partial charge on any atom is -0.741 e. The summed E-state index contributed by atoms with van der Waals surface area (Å²) < 4.78 is 353. The number of halogens is 25. The number of nitrogens with zero attached hydrogens (tertiary/aromatic N) is 1. The van der Waals surface area contributed by atoms with Crippen molar-refractivity contribution in [2.75, 3.05) is 46.1 Å². The number of hydrogen-bond acceptors (Lipinski definition) is 12. The predicted octanol–water partition coefficient (Wildman–Crippen LogP) is 17.0. The van der Waals surface area contributed by atoms with Crippen LogP contribution >= 0.6 is 45.2 Å². The van der Waals surface area contributed by atoms with Crippen LogP contribution < -0.4 is 10.2 Å². The highest BCUT2D eigenvalue weighted by atomic mass is 127. The van der Waals surface area contributed by atoms with E-state index in [1.54, 1.807) is 48.5 Å². The Morgan fingerprint density at radius 1 is 0.416 bits per heavy atom. The van der Waals surface area contributed by atoms with Gasteiger partial charge in [-0.3, -0.25) is 0 Å². The van der Waals surface area contributed by atoms with Crippen molar-refractivity contribution in [1.29, 1.82) is 0 Å². The maximum absolute atomic E-state index is 13.7. The Morgan fingerprint density at radius 2 is 0.619 bits per heavy atom. The lowest BCUT2D eigenvalue weighted by molar-refractivity contribution is -0.367. The number of ether oxygens (including phenoxy) is 4. The second-order valence-corrected chi connectivity index (χ2v) is 36.0. The molecule has 2 spiro atoms. The smallest absolute Gasteiger partial charge is 0.485 e. The third kappa shape index (κ3) is 19.3. The van der Waals surface area contributed by atoms with Crippen molar-refractivity contribution in [3.63, 3.8) is 0 Å². The number of aliphatic carboxylic acids is 2. The Kier molecular flexibility index (Phi) is 28.2. The minimum atomic E-state index is -6.09. The van der Waals surface area contributed by atoms with Crippen LogP contribution in [0.15, 0.2) is 126 Å². The molecule has 10 aliphatic rings. The number of carboxylic acid groups (broad SMARTS) is 2. The van der Waals surface area contributed by atoms with Crippen LogP contribution in [0.3, 0.4) is 0 Å². The lowest BCUT2D eigenvalue weighted by Crippen LogP contribution is -2.66. The highest BCUT2D eigenvalue weighted by Gasteiger charge is 2.71. The molecule has 0 aromatic heterocycles. The zero-order chi connectivity index (χ0) is 84.1. The molecule has 113 heavy (non-hydrogen) atoms. The number of rotatable bonds is 11. The highest BCUT2D eigenvalue weighted by molar-refractivity contribution is 14.1. The Bertz CT molecular complexity index is 4030. The van der Waals surface area contributed by atoms with Crippen LogP contribution in [0.1, 0.15) is 85.0 Å². The summed E-state index contributed by atoms with van der Waals surface area (Å²) in [4.78, 5) is 26.3. The molecule has 10 fully saturated rings. The molecule has 4 unspecified atom stereocenters. The van der Waals surface area contributed by atoms with Gasteiger partial charge in [-0.05, 0) is 189 Å². The summed E-state index contributed by atoms with van der Waals surface area (Å²) in [7, 11) is -8.84. The van der Waals surface area contributed by atoms with Crippen LogP contribution in [0, 0.1) is 123 Å². The van der Waals surface area contributed by atoms with Crippen molar-refractivity contribution in [2.45, 2.75) is 155 Å². The number of carbonyl (C=O) groups is 2. The van der Waals surface area contributed by atoms with E-state index in [0.29, 0.717) is 48.3 Å². The lowest BCUT2D eigenvalue weighted by Gasteiger charge is -2.64. The molecular formula is C73H65F23I2NO11S3-. The number of carbonyl (C=O) groups excluding carboxylic acids is 2. The summed E-state index contributed by atoms with van der Waals surface area (Å²) in [5, 5.41) is 23.1. The zero-order valence-corrected chi connectivity index (χ0v) is 65.6. The highest BCUT2D eigenvalue weighted by Crippen LogP contribution is 2.67. The summed E-state index contributed by atoms with van der Waals surface area (Å²) in [6, 6.07) is 19.3. The third-order valence-corrected chi connectivity index (χ3v) is 27.3. The molecule has 0 N–H and O–H groups in total. The van der Waals surface area contributed by atoms with Gasteiger partial charge < -0.3 is 48.2 Å². The molecule has 40 heteroatoms. The van der Waals surface area contributed by atoms with Gasteiger partial charge >= 0.3 is 29.2 Å². The van der Waals surface area contributed by atoms with E-state index >= 15 is 0 Å². The van der Waals surface area contributed by atoms with Gasteiger partial charge in [0.1, 0.15) is 26.4 Å². The number of hydrogen-bond donors (Lipinski definition) is 0. The van der Waals surface area contributed by atoms with E-state index < -0.39 is 215 Å². The standard InChI is InChI=1S/2C18H8F6IS.2C15H18F4O4.C6H15N.CHF3O3S/c2*19-13-5-11(6-14(20)17(13)23)26(10-3-1-9(25)2-4-10)12-7-15(21)18(24)16(22)8-12;2*16-13(17)6-22-15(23-7-14(13,18)19)9-1-8-2-10(15)5-12(3-8,4-9)11(20)21;1-4-7(5-2)6-3;2-1(3,4)8(5,6)7/h2*1-8H;2*8-10H,1-7H2,(H,20,21);4-6H2,1-3H3;(H,5,6,7)/q2*+1;;;;/p-3. The average Bonchev–Trinajstić information content (AvgIpc) is 1.60. The average molecular weight is 1920 g/mol.